The van der Waals surface area contributed by atoms with Gasteiger partial charge in [0.2, 0.25) is 11.4 Å². The number of carbonyl (C=O) groups is 1. The van der Waals surface area contributed by atoms with E-state index in [0.717, 1.165) is 0 Å². The van der Waals surface area contributed by atoms with Crippen molar-refractivity contribution >= 4 is 5.78 Å². The summed E-state index contributed by atoms with van der Waals surface area (Å²) in [6, 6.07) is 0. The van der Waals surface area contributed by atoms with E-state index >= 15 is 0 Å². The molecule has 0 aromatic carbocycles. The first kappa shape index (κ1) is 13.1. The summed E-state index contributed by atoms with van der Waals surface area (Å²) in [5, 5.41) is 0. The van der Waals surface area contributed by atoms with Crippen molar-refractivity contribution in [1.82, 2.24) is 0 Å². The van der Waals surface area contributed by atoms with Crippen LogP contribution in [0.15, 0.2) is 11.8 Å². The molecular formula is C13H18O6. The van der Waals surface area contributed by atoms with E-state index in [1.807, 2.05) is 6.92 Å². The van der Waals surface area contributed by atoms with Crippen LogP contribution in [0.1, 0.15) is 20.8 Å². The fourth-order valence-electron chi connectivity index (χ4n) is 2.88. The monoisotopic (exact) mass is 270 g/mol. The molecule has 4 atom stereocenters. The zero-order valence-electron chi connectivity index (χ0n) is 11.5. The third-order valence-electron chi connectivity index (χ3n) is 3.63. The Morgan fingerprint density at radius 1 is 1.32 bits per heavy atom. The van der Waals surface area contributed by atoms with Crippen LogP contribution in [0.5, 0.6) is 0 Å². The van der Waals surface area contributed by atoms with Crippen LogP contribution < -0.4 is 0 Å². The second-order valence-corrected chi connectivity index (χ2v) is 5.28. The number of hydrogen-bond donors (Lipinski definition) is 0. The number of rotatable bonds is 3. The van der Waals surface area contributed by atoms with E-state index in [-0.39, 0.29) is 5.78 Å². The average molecular weight is 270 g/mol. The van der Waals surface area contributed by atoms with Crippen molar-refractivity contribution in [2.45, 2.75) is 50.7 Å². The van der Waals surface area contributed by atoms with Crippen LogP contribution in [-0.4, -0.2) is 49.4 Å². The molecule has 0 aromatic rings. The third-order valence-corrected chi connectivity index (χ3v) is 3.63. The first-order valence-electron chi connectivity index (χ1n) is 6.40. The number of hydrogen-bond acceptors (Lipinski definition) is 6. The Morgan fingerprint density at radius 2 is 2.05 bits per heavy atom. The van der Waals surface area contributed by atoms with Crippen LogP contribution in [0.3, 0.4) is 0 Å². The molecule has 0 bridgehead atoms. The molecule has 6 heteroatoms. The van der Waals surface area contributed by atoms with Crippen molar-refractivity contribution in [2.24, 2.45) is 0 Å². The molecule has 1 unspecified atom stereocenters. The van der Waals surface area contributed by atoms with E-state index in [9.17, 15) is 4.79 Å². The quantitative estimate of drug-likeness (QED) is 0.754. The molecule has 2 fully saturated rings. The van der Waals surface area contributed by atoms with Crippen LogP contribution in [0.4, 0.5) is 0 Å². The van der Waals surface area contributed by atoms with Crippen LogP contribution in [0.25, 0.3) is 0 Å². The Morgan fingerprint density at radius 3 is 2.63 bits per heavy atom. The fourth-order valence-corrected chi connectivity index (χ4v) is 2.88. The highest BCUT2D eigenvalue weighted by atomic mass is 16.8. The minimum Gasteiger partial charge on any atom is -0.494 e. The van der Waals surface area contributed by atoms with E-state index in [4.69, 9.17) is 23.7 Å². The van der Waals surface area contributed by atoms with Crippen molar-refractivity contribution in [2.75, 3.05) is 13.7 Å². The van der Waals surface area contributed by atoms with Gasteiger partial charge in [-0.1, -0.05) is 0 Å². The molecule has 2 heterocycles. The Kier molecular flexibility index (Phi) is 2.76. The minimum atomic E-state index is -1.20. The van der Waals surface area contributed by atoms with Gasteiger partial charge < -0.3 is 23.7 Å². The van der Waals surface area contributed by atoms with Crippen LogP contribution in [0, 0.1) is 0 Å². The van der Waals surface area contributed by atoms with E-state index in [1.165, 1.54) is 13.2 Å². The van der Waals surface area contributed by atoms with Gasteiger partial charge >= 0.3 is 0 Å². The molecule has 0 N–H and O–H groups in total. The second-order valence-electron chi connectivity index (χ2n) is 5.28. The molecule has 19 heavy (non-hydrogen) atoms. The molecule has 0 aromatic heterocycles. The summed E-state index contributed by atoms with van der Waals surface area (Å²) >= 11 is 0. The van der Waals surface area contributed by atoms with Gasteiger partial charge in [0.05, 0.1) is 6.61 Å². The molecule has 0 radical (unpaired) electrons. The predicted molar refractivity (Wildman–Crippen MR) is 63.2 cm³/mol. The van der Waals surface area contributed by atoms with Crippen molar-refractivity contribution in [1.29, 1.82) is 0 Å². The number of carbonyl (C=O) groups excluding carboxylic acids is 1. The number of fused-ring (bicyclic) bond motifs is 2. The Hall–Kier alpha value is -0.950. The molecule has 2 saturated heterocycles. The van der Waals surface area contributed by atoms with Crippen molar-refractivity contribution in [3.05, 3.63) is 11.8 Å². The second kappa shape index (κ2) is 4.02. The Balaban J connectivity index is 1.95. The first-order valence-corrected chi connectivity index (χ1v) is 6.40. The molecule has 106 valence electrons. The number of ether oxygens (including phenoxy) is 5. The van der Waals surface area contributed by atoms with Gasteiger partial charge in [-0.15, -0.1) is 0 Å². The Labute approximate surface area is 111 Å². The van der Waals surface area contributed by atoms with E-state index in [2.05, 4.69) is 0 Å². The molecule has 3 rings (SSSR count). The number of methoxy groups -OCH3 is 1. The Bertz CT molecular complexity index is 442. The summed E-state index contributed by atoms with van der Waals surface area (Å²) in [4.78, 5) is 12.1. The SMILES string of the molecule is CCOC1=CC(=O)C12O[C@@H](OC)[C@@H]1OC(C)(C)O[C@@H]12. The summed E-state index contributed by atoms with van der Waals surface area (Å²) < 4.78 is 28.1. The largest absolute Gasteiger partial charge is 0.494 e. The molecule has 2 aliphatic heterocycles. The van der Waals surface area contributed by atoms with Gasteiger partial charge in [0.1, 0.15) is 18.0 Å². The zero-order valence-corrected chi connectivity index (χ0v) is 11.5. The van der Waals surface area contributed by atoms with Crippen LogP contribution in [0.2, 0.25) is 0 Å². The lowest BCUT2D eigenvalue weighted by molar-refractivity contribution is -0.246. The summed E-state index contributed by atoms with van der Waals surface area (Å²) in [6.45, 7) is 5.93. The zero-order chi connectivity index (χ0) is 13.8. The van der Waals surface area contributed by atoms with Gasteiger partial charge in [0.25, 0.3) is 0 Å². The van der Waals surface area contributed by atoms with Gasteiger partial charge in [-0.05, 0) is 20.8 Å². The molecule has 6 nitrogen and oxygen atoms in total. The minimum absolute atomic E-state index is 0.160. The summed E-state index contributed by atoms with van der Waals surface area (Å²) in [6.07, 6.45) is -0.174. The van der Waals surface area contributed by atoms with Crippen molar-refractivity contribution in [3.8, 4) is 0 Å². The van der Waals surface area contributed by atoms with Gasteiger partial charge in [-0.2, -0.15) is 0 Å². The molecule has 3 aliphatic rings. The maximum atomic E-state index is 12.1. The summed E-state index contributed by atoms with van der Waals surface area (Å²) in [5.41, 5.74) is -1.20. The fraction of sp³-hybridized carbons (Fsp3) is 0.769. The highest BCUT2D eigenvalue weighted by Crippen LogP contribution is 2.51. The molecular weight excluding hydrogens is 252 g/mol. The van der Waals surface area contributed by atoms with E-state index < -0.39 is 29.9 Å². The van der Waals surface area contributed by atoms with Gasteiger partial charge in [-0.25, -0.2) is 0 Å². The lowest BCUT2D eigenvalue weighted by Gasteiger charge is -2.38. The van der Waals surface area contributed by atoms with Gasteiger partial charge in [0, 0.05) is 13.2 Å². The first-order chi connectivity index (χ1) is 8.94. The molecule has 1 spiro atoms. The summed E-state index contributed by atoms with van der Waals surface area (Å²) in [7, 11) is 1.52. The third kappa shape index (κ3) is 1.61. The molecule has 1 aliphatic carbocycles. The van der Waals surface area contributed by atoms with Crippen molar-refractivity contribution in [3.63, 3.8) is 0 Å². The lowest BCUT2D eigenvalue weighted by Crippen LogP contribution is -2.57. The lowest BCUT2D eigenvalue weighted by atomic mass is 9.80. The maximum Gasteiger partial charge on any atom is 0.219 e. The molecule has 0 amide bonds. The summed E-state index contributed by atoms with van der Waals surface area (Å²) in [5.74, 6) is -0.432. The standard InChI is InChI=1S/C13H18O6/c1-5-16-8-6-7(14)13(8)10-9(11(15-4)19-13)17-12(2,3)18-10/h6,9-11H,5H2,1-4H3/t9-,10+,11-,13?/m1/s1. The molecule has 0 saturated carbocycles. The average Bonchev–Trinajstić information content (AvgIpc) is 2.81. The smallest absolute Gasteiger partial charge is 0.219 e. The highest BCUT2D eigenvalue weighted by molar-refractivity contribution is 6.08. The van der Waals surface area contributed by atoms with Gasteiger partial charge in [-0.3, -0.25) is 4.79 Å². The maximum absolute atomic E-state index is 12.1. The van der Waals surface area contributed by atoms with E-state index in [1.54, 1.807) is 13.8 Å². The van der Waals surface area contributed by atoms with Crippen LogP contribution >= 0.6 is 0 Å². The van der Waals surface area contributed by atoms with Crippen LogP contribution in [-0.2, 0) is 28.5 Å². The van der Waals surface area contributed by atoms with Gasteiger partial charge in [0.15, 0.2) is 12.1 Å². The van der Waals surface area contributed by atoms with Crippen molar-refractivity contribution < 1.29 is 28.5 Å². The topological polar surface area (TPSA) is 63.2 Å². The predicted octanol–water partition coefficient (Wildman–Crippen LogP) is 0.751. The van der Waals surface area contributed by atoms with E-state index in [0.29, 0.717) is 12.4 Å². The number of ketones is 1. The normalized spacial score (nSPS) is 43.1. The highest BCUT2D eigenvalue weighted by Gasteiger charge is 2.71.